The van der Waals surface area contributed by atoms with Crippen molar-refractivity contribution < 1.29 is 9.53 Å². The van der Waals surface area contributed by atoms with Crippen molar-refractivity contribution in [1.29, 1.82) is 5.26 Å². The molecule has 2 aromatic rings. The fourth-order valence-electron chi connectivity index (χ4n) is 3.71. The lowest BCUT2D eigenvalue weighted by Crippen LogP contribution is -2.36. The molecule has 1 aliphatic rings. The van der Waals surface area contributed by atoms with Crippen molar-refractivity contribution in [2.75, 3.05) is 6.61 Å². The number of cyclic esters (lactones) is 1. The second-order valence-corrected chi connectivity index (χ2v) is 6.81. The topological polar surface area (TPSA) is 50.1 Å². The van der Waals surface area contributed by atoms with Gasteiger partial charge in [-0.25, -0.2) is 0 Å². The predicted octanol–water partition coefficient (Wildman–Crippen LogP) is 4.55. The van der Waals surface area contributed by atoms with Gasteiger partial charge in [-0.2, -0.15) is 5.26 Å². The number of hydrogen-bond donors (Lipinski definition) is 0. The van der Waals surface area contributed by atoms with Crippen LogP contribution in [0.3, 0.4) is 0 Å². The maximum Gasteiger partial charge on any atom is 0.306 e. The Kier molecular flexibility index (Phi) is 5.50. The number of unbranched alkanes of at least 4 members (excludes halogenated alkanes) is 1. The van der Waals surface area contributed by atoms with Crippen LogP contribution in [0.4, 0.5) is 0 Å². The maximum absolute atomic E-state index is 11.9. The van der Waals surface area contributed by atoms with Crippen LogP contribution in [0.25, 0.3) is 0 Å². The molecule has 3 heteroatoms. The molecule has 1 unspecified atom stereocenters. The van der Waals surface area contributed by atoms with E-state index in [0.717, 1.165) is 32.1 Å². The minimum Gasteiger partial charge on any atom is -0.466 e. The number of nitrogens with zero attached hydrogens (tertiary/aromatic N) is 1. The van der Waals surface area contributed by atoms with Crippen LogP contribution in [0.15, 0.2) is 54.6 Å². The lowest BCUT2D eigenvalue weighted by Gasteiger charge is -2.37. The molecule has 1 heterocycles. The second-order valence-electron chi connectivity index (χ2n) is 6.81. The highest BCUT2D eigenvalue weighted by Crippen LogP contribution is 2.39. The van der Waals surface area contributed by atoms with E-state index >= 15 is 0 Å². The molecule has 1 atom stereocenters. The van der Waals surface area contributed by atoms with Gasteiger partial charge in [0.25, 0.3) is 0 Å². The number of nitriles is 1. The second kappa shape index (κ2) is 7.98. The largest absolute Gasteiger partial charge is 0.466 e. The highest BCUT2D eigenvalue weighted by Gasteiger charge is 2.37. The van der Waals surface area contributed by atoms with E-state index in [1.54, 1.807) is 0 Å². The average Bonchev–Trinajstić information content (AvgIpc) is 2.66. The van der Waals surface area contributed by atoms with Gasteiger partial charge < -0.3 is 4.74 Å². The fraction of sp³-hybridized carbons (Fsp3) is 0.364. The monoisotopic (exact) mass is 333 g/mol. The van der Waals surface area contributed by atoms with E-state index in [9.17, 15) is 4.79 Å². The van der Waals surface area contributed by atoms with E-state index in [-0.39, 0.29) is 11.4 Å². The van der Waals surface area contributed by atoms with Gasteiger partial charge in [0.1, 0.15) is 0 Å². The number of rotatable bonds is 6. The minimum absolute atomic E-state index is 0.0813. The van der Waals surface area contributed by atoms with Gasteiger partial charge in [0.15, 0.2) is 0 Å². The van der Waals surface area contributed by atoms with Crippen LogP contribution in [0.2, 0.25) is 0 Å². The first-order valence-electron chi connectivity index (χ1n) is 8.92. The summed E-state index contributed by atoms with van der Waals surface area (Å²) in [6, 6.07) is 20.3. The Morgan fingerprint density at radius 1 is 1.04 bits per heavy atom. The predicted molar refractivity (Wildman–Crippen MR) is 97.0 cm³/mol. The van der Waals surface area contributed by atoms with E-state index in [1.807, 2.05) is 42.5 Å². The summed E-state index contributed by atoms with van der Waals surface area (Å²) in [5.74, 6) is -0.0813. The maximum atomic E-state index is 11.9. The molecule has 25 heavy (non-hydrogen) atoms. The summed E-state index contributed by atoms with van der Waals surface area (Å²) in [6.07, 6.45) is 5.54. The first-order chi connectivity index (χ1) is 12.2. The fourth-order valence-corrected chi connectivity index (χ4v) is 3.71. The molecule has 2 aromatic carbocycles. The van der Waals surface area contributed by atoms with E-state index in [2.05, 4.69) is 18.2 Å². The zero-order valence-electron chi connectivity index (χ0n) is 14.4. The van der Waals surface area contributed by atoms with Gasteiger partial charge in [0.2, 0.25) is 0 Å². The normalized spacial score (nSPS) is 19.9. The van der Waals surface area contributed by atoms with Crippen molar-refractivity contribution in [1.82, 2.24) is 0 Å². The third-order valence-electron chi connectivity index (χ3n) is 5.17. The Morgan fingerprint density at radius 2 is 1.80 bits per heavy atom. The van der Waals surface area contributed by atoms with Crippen LogP contribution in [-0.4, -0.2) is 12.6 Å². The number of hydrogen-bond acceptors (Lipinski definition) is 3. The first-order valence-corrected chi connectivity index (χ1v) is 8.92. The van der Waals surface area contributed by atoms with E-state index in [1.165, 1.54) is 11.1 Å². The summed E-state index contributed by atoms with van der Waals surface area (Å²) in [5, 5.41) is 8.86. The van der Waals surface area contributed by atoms with Crippen LogP contribution in [0.1, 0.15) is 48.8 Å². The Morgan fingerprint density at radius 3 is 2.48 bits per heavy atom. The van der Waals surface area contributed by atoms with Crippen LogP contribution in [0.5, 0.6) is 0 Å². The molecule has 0 saturated carbocycles. The molecule has 1 aliphatic heterocycles. The zero-order chi connectivity index (χ0) is 17.5. The molecule has 0 amide bonds. The average molecular weight is 333 g/mol. The van der Waals surface area contributed by atoms with Gasteiger partial charge in [-0.15, -0.1) is 0 Å². The van der Waals surface area contributed by atoms with Crippen LogP contribution >= 0.6 is 0 Å². The summed E-state index contributed by atoms with van der Waals surface area (Å²) in [5.41, 5.74) is 3.13. The van der Waals surface area contributed by atoms with Crippen molar-refractivity contribution in [3.8, 4) is 6.07 Å². The zero-order valence-corrected chi connectivity index (χ0v) is 14.4. The van der Waals surface area contributed by atoms with Gasteiger partial charge in [-0.3, -0.25) is 4.79 Å². The molecule has 0 N–H and O–H groups in total. The quantitative estimate of drug-likeness (QED) is 0.576. The molecule has 0 spiro atoms. The third kappa shape index (κ3) is 4.28. The third-order valence-corrected chi connectivity index (χ3v) is 5.17. The molecule has 0 aromatic heterocycles. The number of carbonyl (C=O) groups excluding carboxylic acids is 1. The number of ether oxygens (including phenoxy) is 1. The number of carbonyl (C=O) groups is 1. The lowest BCUT2D eigenvalue weighted by atomic mass is 9.70. The summed E-state index contributed by atoms with van der Waals surface area (Å²) in [4.78, 5) is 11.9. The molecule has 3 rings (SSSR count). The van der Waals surface area contributed by atoms with Gasteiger partial charge >= 0.3 is 5.97 Å². The molecule has 0 radical (unpaired) electrons. The minimum atomic E-state index is -0.0821. The van der Waals surface area contributed by atoms with E-state index in [0.29, 0.717) is 18.6 Å². The molecule has 1 fully saturated rings. The SMILES string of the molecule is N#Cc1ccc(CCCCC2(c3ccccc3)CCOC(=O)C2)cc1. The Balaban J connectivity index is 1.61. The van der Waals surface area contributed by atoms with Crippen molar-refractivity contribution in [3.63, 3.8) is 0 Å². The highest BCUT2D eigenvalue weighted by atomic mass is 16.5. The van der Waals surface area contributed by atoms with Crippen molar-refractivity contribution >= 4 is 5.97 Å². The van der Waals surface area contributed by atoms with Crippen molar-refractivity contribution in [2.24, 2.45) is 0 Å². The molecule has 0 aliphatic carbocycles. The van der Waals surface area contributed by atoms with Gasteiger partial charge in [0, 0.05) is 5.41 Å². The molecular formula is C22H23NO2. The molecule has 3 nitrogen and oxygen atoms in total. The highest BCUT2D eigenvalue weighted by molar-refractivity contribution is 5.72. The van der Waals surface area contributed by atoms with Crippen LogP contribution in [0, 0.1) is 11.3 Å². The standard InChI is InChI=1S/C22H23NO2/c23-17-19-11-9-18(10-12-19)6-4-5-13-22(14-15-25-21(24)16-22)20-7-2-1-3-8-20/h1-3,7-12H,4-6,13-16H2. The first kappa shape index (κ1) is 17.2. The van der Waals surface area contributed by atoms with Crippen molar-refractivity contribution in [3.05, 3.63) is 71.3 Å². The molecule has 1 saturated heterocycles. The number of aryl methyl sites for hydroxylation is 1. The van der Waals surface area contributed by atoms with Crippen LogP contribution in [-0.2, 0) is 21.4 Å². The van der Waals surface area contributed by atoms with E-state index in [4.69, 9.17) is 10.00 Å². The van der Waals surface area contributed by atoms with Gasteiger partial charge in [-0.05, 0) is 48.9 Å². The smallest absolute Gasteiger partial charge is 0.306 e. The summed E-state index contributed by atoms with van der Waals surface area (Å²) < 4.78 is 5.19. The number of esters is 1. The molecular weight excluding hydrogens is 310 g/mol. The van der Waals surface area contributed by atoms with E-state index < -0.39 is 0 Å². The Bertz CT molecular complexity index is 746. The Hall–Kier alpha value is -2.60. The Labute approximate surface area is 149 Å². The molecule has 0 bridgehead atoms. The lowest BCUT2D eigenvalue weighted by molar-refractivity contribution is -0.150. The summed E-state index contributed by atoms with van der Waals surface area (Å²) in [7, 11) is 0. The van der Waals surface area contributed by atoms with Crippen molar-refractivity contribution in [2.45, 2.75) is 43.9 Å². The molecule has 128 valence electrons. The summed E-state index contributed by atoms with van der Waals surface area (Å²) in [6.45, 7) is 0.517. The number of benzene rings is 2. The summed E-state index contributed by atoms with van der Waals surface area (Å²) >= 11 is 0. The van der Waals surface area contributed by atoms with Gasteiger partial charge in [-0.1, -0.05) is 48.9 Å². The van der Waals surface area contributed by atoms with Crippen LogP contribution < -0.4 is 0 Å². The van der Waals surface area contributed by atoms with Gasteiger partial charge in [0.05, 0.1) is 24.7 Å².